The van der Waals surface area contributed by atoms with E-state index in [0.717, 1.165) is 36.4 Å². The minimum Gasteiger partial charge on any atom is -0.497 e. The highest BCUT2D eigenvalue weighted by Gasteiger charge is 2.21. The molecule has 0 atom stereocenters. The normalized spacial score (nSPS) is 13.4. The van der Waals surface area contributed by atoms with Crippen LogP contribution in [0.3, 0.4) is 0 Å². The molecular weight excluding hydrogens is 276 g/mol. The molecule has 1 aliphatic heterocycles. The summed E-state index contributed by atoms with van der Waals surface area (Å²) in [4.78, 5) is 14.3. The van der Waals surface area contributed by atoms with Crippen LogP contribution in [0.5, 0.6) is 5.75 Å². The lowest BCUT2D eigenvalue weighted by molar-refractivity contribution is 0.245. The van der Waals surface area contributed by atoms with Crippen LogP contribution in [0.1, 0.15) is 17.5 Å². The zero-order valence-corrected chi connectivity index (χ0v) is 12.7. The Balaban J connectivity index is 1.65. The van der Waals surface area contributed by atoms with Gasteiger partial charge in [0.05, 0.1) is 7.11 Å². The van der Waals surface area contributed by atoms with E-state index in [9.17, 15) is 4.79 Å². The van der Waals surface area contributed by atoms with Crippen LogP contribution in [0.2, 0.25) is 0 Å². The van der Waals surface area contributed by atoms with Crippen molar-refractivity contribution in [2.75, 3.05) is 18.6 Å². The van der Waals surface area contributed by atoms with Gasteiger partial charge in [-0.15, -0.1) is 0 Å². The number of carbonyl (C=O) groups is 1. The lowest BCUT2D eigenvalue weighted by Gasteiger charge is -2.29. The number of hydrogen-bond acceptors (Lipinski definition) is 2. The van der Waals surface area contributed by atoms with E-state index in [2.05, 4.69) is 11.4 Å². The number of hydrogen-bond donors (Lipinski definition) is 1. The van der Waals surface area contributed by atoms with Crippen molar-refractivity contribution in [2.45, 2.75) is 19.4 Å². The Hall–Kier alpha value is -2.49. The lowest BCUT2D eigenvalue weighted by atomic mass is 10.0. The number of rotatable bonds is 3. The average molecular weight is 296 g/mol. The smallest absolute Gasteiger partial charge is 0.322 e. The molecule has 2 amide bonds. The van der Waals surface area contributed by atoms with Crippen LogP contribution in [0.4, 0.5) is 10.5 Å². The number of benzene rings is 2. The number of anilines is 1. The highest BCUT2D eigenvalue weighted by Crippen LogP contribution is 2.26. The second kappa shape index (κ2) is 6.52. The van der Waals surface area contributed by atoms with E-state index in [4.69, 9.17) is 4.74 Å². The first-order valence-corrected chi connectivity index (χ1v) is 7.54. The number of carbonyl (C=O) groups excluding carboxylic acids is 1. The van der Waals surface area contributed by atoms with Gasteiger partial charge < -0.3 is 10.1 Å². The van der Waals surface area contributed by atoms with E-state index < -0.39 is 0 Å². The van der Waals surface area contributed by atoms with Crippen LogP contribution < -0.4 is 15.0 Å². The van der Waals surface area contributed by atoms with E-state index in [1.54, 1.807) is 7.11 Å². The Labute approximate surface area is 130 Å². The van der Waals surface area contributed by atoms with Crippen molar-refractivity contribution in [2.24, 2.45) is 0 Å². The molecule has 1 aliphatic rings. The van der Waals surface area contributed by atoms with Gasteiger partial charge in [0.25, 0.3) is 0 Å². The minimum atomic E-state index is -0.0389. The zero-order valence-electron chi connectivity index (χ0n) is 12.7. The molecule has 0 unspecified atom stereocenters. The quantitative estimate of drug-likeness (QED) is 0.943. The topological polar surface area (TPSA) is 41.6 Å². The first-order valence-electron chi connectivity index (χ1n) is 7.54. The first kappa shape index (κ1) is 14.4. The van der Waals surface area contributed by atoms with E-state index in [0.29, 0.717) is 6.54 Å². The van der Waals surface area contributed by atoms with Crippen molar-refractivity contribution >= 4 is 11.7 Å². The predicted molar refractivity (Wildman–Crippen MR) is 87.3 cm³/mol. The molecule has 114 valence electrons. The summed E-state index contributed by atoms with van der Waals surface area (Å²) in [6, 6.07) is 15.8. The molecule has 22 heavy (non-hydrogen) atoms. The van der Waals surface area contributed by atoms with Crippen molar-refractivity contribution < 1.29 is 9.53 Å². The fourth-order valence-electron chi connectivity index (χ4n) is 2.76. The van der Waals surface area contributed by atoms with Gasteiger partial charge in [-0.25, -0.2) is 4.79 Å². The average Bonchev–Trinajstić information content (AvgIpc) is 2.59. The Morgan fingerprint density at radius 3 is 2.73 bits per heavy atom. The fraction of sp³-hybridized carbons (Fsp3) is 0.278. The molecule has 3 rings (SSSR count). The molecule has 0 radical (unpaired) electrons. The van der Waals surface area contributed by atoms with Crippen molar-refractivity contribution in [3.63, 3.8) is 0 Å². The van der Waals surface area contributed by atoms with E-state index in [-0.39, 0.29) is 6.03 Å². The van der Waals surface area contributed by atoms with Crippen molar-refractivity contribution in [1.82, 2.24) is 5.32 Å². The molecule has 2 aromatic rings. The number of methoxy groups -OCH3 is 1. The van der Waals surface area contributed by atoms with Crippen LogP contribution in [-0.2, 0) is 13.0 Å². The van der Waals surface area contributed by atoms with E-state index in [1.165, 1.54) is 5.56 Å². The van der Waals surface area contributed by atoms with Crippen LogP contribution in [-0.4, -0.2) is 19.7 Å². The summed E-state index contributed by atoms with van der Waals surface area (Å²) in [5.74, 6) is 0.819. The van der Waals surface area contributed by atoms with E-state index >= 15 is 0 Å². The number of urea groups is 1. The van der Waals surface area contributed by atoms with Crippen LogP contribution >= 0.6 is 0 Å². The van der Waals surface area contributed by atoms with Gasteiger partial charge in [0.15, 0.2) is 0 Å². The van der Waals surface area contributed by atoms with Crippen molar-refractivity contribution in [3.05, 3.63) is 59.7 Å². The SMILES string of the molecule is COc1ccc(CNC(=O)N2CCCc3ccccc32)cc1. The third kappa shape index (κ3) is 3.06. The molecule has 4 nitrogen and oxygen atoms in total. The van der Waals surface area contributed by atoms with E-state index in [1.807, 2.05) is 47.4 Å². The number of amides is 2. The highest BCUT2D eigenvalue weighted by molar-refractivity contribution is 5.93. The summed E-state index contributed by atoms with van der Waals surface area (Å²) in [5, 5.41) is 2.99. The fourth-order valence-corrected chi connectivity index (χ4v) is 2.76. The number of aryl methyl sites for hydroxylation is 1. The van der Waals surface area contributed by atoms with Gasteiger partial charge in [0.2, 0.25) is 0 Å². The van der Waals surface area contributed by atoms with Crippen LogP contribution in [0.15, 0.2) is 48.5 Å². The Kier molecular flexibility index (Phi) is 4.28. The van der Waals surface area contributed by atoms with Crippen molar-refractivity contribution in [1.29, 1.82) is 0 Å². The molecule has 2 aromatic carbocycles. The zero-order chi connectivity index (χ0) is 15.4. The third-order valence-electron chi connectivity index (χ3n) is 3.96. The molecule has 0 aliphatic carbocycles. The number of ether oxygens (including phenoxy) is 1. The molecule has 0 saturated carbocycles. The number of nitrogens with one attached hydrogen (secondary N) is 1. The number of para-hydroxylation sites is 1. The largest absolute Gasteiger partial charge is 0.497 e. The maximum Gasteiger partial charge on any atom is 0.322 e. The monoisotopic (exact) mass is 296 g/mol. The molecule has 0 bridgehead atoms. The Bertz CT molecular complexity index is 652. The highest BCUT2D eigenvalue weighted by atomic mass is 16.5. The summed E-state index contributed by atoms with van der Waals surface area (Å²) in [7, 11) is 1.64. The van der Waals surface area contributed by atoms with Crippen LogP contribution in [0.25, 0.3) is 0 Å². The maximum absolute atomic E-state index is 12.4. The van der Waals surface area contributed by atoms with Gasteiger partial charge in [0.1, 0.15) is 5.75 Å². The van der Waals surface area contributed by atoms with Gasteiger partial charge >= 0.3 is 6.03 Å². The molecule has 0 fully saturated rings. The molecule has 0 aromatic heterocycles. The molecule has 4 heteroatoms. The molecule has 0 spiro atoms. The Morgan fingerprint density at radius 1 is 1.18 bits per heavy atom. The van der Waals surface area contributed by atoms with Gasteiger partial charge in [-0.1, -0.05) is 30.3 Å². The molecule has 1 N–H and O–H groups in total. The number of nitrogens with zero attached hydrogens (tertiary/aromatic N) is 1. The lowest BCUT2D eigenvalue weighted by Crippen LogP contribution is -2.42. The van der Waals surface area contributed by atoms with Gasteiger partial charge in [-0.05, 0) is 42.2 Å². The second-order valence-corrected chi connectivity index (χ2v) is 5.39. The van der Waals surface area contributed by atoms with Crippen LogP contribution in [0, 0.1) is 0 Å². The van der Waals surface area contributed by atoms with Gasteiger partial charge in [-0.2, -0.15) is 0 Å². The summed E-state index contributed by atoms with van der Waals surface area (Å²) in [5.41, 5.74) is 3.33. The van der Waals surface area contributed by atoms with Crippen molar-refractivity contribution in [3.8, 4) is 5.75 Å². The molecule has 0 saturated heterocycles. The Morgan fingerprint density at radius 2 is 1.95 bits per heavy atom. The second-order valence-electron chi connectivity index (χ2n) is 5.39. The summed E-state index contributed by atoms with van der Waals surface area (Å²) in [6.07, 6.45) is 2.05. The summed E-state index contributed by atoms with van der Waals surface area (Å²) in [6.45, 7) is 1.28. The summed E-state index contributed by atoms with van der Waals surface area (Å²) >= 11 is 0. The third-order valence-corrected chi connectivity index (χ3v) is 3.96. The number of fused-ring (bicyclic) bond motifs is 1. The predicted octanol–water partition coefficient (Wildman–Crippen LogP) is 3.36. The minimum absolute atomic E-state index is 0.0389. The standard InChI is InChI=1S/C18H20N2O2/c1-22-16-10-8-14(9-11-16)13-19-18(21)20-12-4-6-15-5-2-3-7-17(15)20/h2-3,5,7-11H,4,6,12-13H2,1H3,(H,19,21). The first-order chi connectivity index (χ1) is 10.8. The summed E-state index contributed by atoms with van der Waals surface area (Å²) < 4.78 is 5.13. The maximum atomic E-state index is 12.4. The molecule has 1 heterocycles. The van der Waals surface area contributed by atoms with Gasteiger partial charge in [0, 0.05) is 18.8 Å². The molecular formula is C18H20N2O2. The van der Waals surface area contributed by atoms with Gasteiger partial charge in [-0.3, -0.25) is 4.90 Å².